The molecule has 0 saturated carbocycles. The molecule has 0 aliphatic rings. The fourth-order valence-corrected chi connectivity index (χ4v) is 2.17. The number of hydrogen-bond donors (Lipinski definition) is 2. The van der Waals surface area contributed by atoms with E-state index in [1.807, 2.05) is 19.9 Å². The lowest BCUT2D eigenvalue weighted by Crippen LogP contribution is -2.29. The highest BCUT2D eigenvalue weighted by atomic mass is 35.5. The van der Waals surface area contributed by atoms with Crippen molar-refractivity contribution in [3.63, 3.8) is 0 Å². The molecule has 0 aromatic heterocycles. The molecule has 2 amide bonds. The van der Waals surface area contributed by atoms with Gasteiger partial charge in [-0.1, -0.05) is 23.7 Å². The molecule has 2 aromatic rings. The van der Waals surface area contributed by atoms with E-state index in [-0.39, 0.29) is 16.4 Å². The van der Waals surface area contributed by atoms with Crippen LogP contribution in [0, 0.1) is 24.0 Å². The third kappa shape index (κ3) is 3.88. The van der Waals surface area contributed by atoms with Crippen molar-refractivity contribution < 1.29 is 14.5 Å². The van der Waals surface area contributed by atoms with Crippen LogP contribution in [0.4, 0.5) is 17.1 Å². The molecule has 8 heteroatoms. The Balaban J connectivity index is 2.12. The summed E-state index contributed by atoms with van der Waals surface area (Å²) in [6.07, 6.45) is 0. The van der Waals surface area contributed by atoms with E-state index in [4.69, 9.17) is 11.6 Å². The van der Waals surface area contributed by atoms with Crippen molar-refractivity contribution in [2.45, 2.75) is 13.8 Å². The molecular formula is C16H14ClN3O4. The van der Waals surface area contributed by atoms with Gasteiger partial charge in [-0.15, -0.1) is 0 Å². The first-order valence-electron chi connectivity index (χ1n) is 6.92. The summed E-state index contributed by atoms with van der Waals surface area (Å²) in [7, 11) is 0. The second kappa shape index (κ2) is 7.10. The van der Waals surface area contributed by atoms with Gasteiger partial charge in [0.25, 0.3) is 5.69 Å². The largest absolute Gasteiger partial charge is 0.318 e. The quantitative estimate of drug-likeness (QED) is 0.504. The number of aryl methyl sites for hydroxylation is 1. The summed E-state index contributed by atoms with van der Waals surface area (Å²) in [5.41, 5.74) is 2.09. The van der Waals surface area contributed by atoms with Crippen LogP contribution >= 0.6 is 11.6 Å². The molecule has 124 valence electrons. The first-order valence-corrected chi connectivity index (χ1v) is 7.30. The molecule has 0 aliphatic carbocycles. The summed E-state index contributed by atoms with van der Waals surface area (Å²) in [6.45, 7) is 3.71. The van der Waals surface area contributed by atoms with Crippen LogP contribution in [-0.2, 0) is 9.59 Å². The zero-order valence-electron chi connectivity index (χ0n) is 12.9. The molecule has 2 rings (SSSR count). The van der Waals surface area contributed by atoms with Crippen LogP contribution in [0.5, 0.6) is 0 Å². The van der Waals surface area contributed by atoms with E-state index in [2.05, 4.69) is 10.6 Å². The van der Waals surface area contributed by atoms with Gasteiger partial charge in [-0.3, -0.25) is 19.7 Å². The second-order valence-corrected chi connectivity index (χ2v) is 5.49. The predicted octanol–water partition coefficient (Wildman–Crippen LogP) is 3.44. The Morgan fingerprint density at radius 2 is 1.75 bits per heavy atom. The van der Waals surface area contributed by atoms with Crippen molar-refractivity contribution in [3.05, 3.63) is 62.7 Å². The number of amides is 2. The Kier molecular flexibility index (Phi) is 5.15. The van der Waals surface area contributed by atoms with Gasteiger partial charge >= 0.3 is 11.8 Å². The molecule has 0 radical (unpaired) electrons. The number of nitro benzene ring substituents is 1. The van der Waals surface area contributed by atoms with Gasteiger partial charge in [-0.05, 0) is 43.2 Å². The number of rotatable bonds is 3. The number of benzene rings is 2. The average molecular weight is 348 g/mol. The second-order valence-electron chi connectivity index (χ2n) is 5.08. The van der Waals surface area contributed by atoms with Crippen molar-refractivity contribution in [1.29, 1.82) is 0 Å². The Morgan fingerprint density at radius 3 is 2.42 bits per heavy atom. The van der Waals surface area contributed by atoms with Crippen LogP contribution in [0.1, 0.15) is 11.1 Å². The van der Waals surface area contributed by atoms with E-state index in [0.717, 1.165) is 17.2 Å². The molecule has 0 heterocycles. The Labute approximate surface area is 142 Å². The molecule has 0 fully saturated rings. The van der Waals surface area contributed by atoms with Gasteiger partial charge in [0.2, 0.25) is 0 Å². The minimum Gasteiger partial charge on any atom is -0.318 e. The summed E-state index contributed by atoms with van der Waals surface area (Å²) in [5, 5.41) is 15.6. The van der Waals surface area contributed by atoms with Crippen molar-refractivity contribution in [2.75, 3.05) is 10.6 Å². The third-order valence-corrected chi connectivity index (χ3v) is 3.78. The molecule has 0 spiro atoms. The molecule has 2 aromatic carbocycles. The fraction of sp³-hybridized carbons (Fsp3) is 0.125. The maximum atomic E-state index is 12.0. The molecule has 0 aliphatic heterocycles. The van der Waals surface area contributed by atoms with Gasteiger partial charge in [0.15, 0.2) is 0 Å². The van der Waals surface area contributed by atoms with E-state index in [1.54, 1.807) is 12.1 Å². The Hall–Kier alpha value is -2.93. The van der Waals surface area contributed by atoms with E-state index in [1.165, 1.54) is 12.1 Å². The smallest absolute Gasteiger partial charge is 0.314 e. The average Bonchev–Trinajstić information content (AvgIpc) is 2.53. The highest BCUT2D eigenvalue weighted by Gasteiger charge is 2.18. The first-order chi connectivity index (χ1) is 11.3. The monoisotopic (exact) mass is 347 g/mol. The van der Waals surface area contributed by atoms with Crippen molar-refractivity contribution in [2.24, 2.45) is 0 Å². The maximum Gasteiger partial charge on any atom is 0.314 e. The lowest BCUT2D eigenvalue weighted by molar-refractivity contribution is -0.384. The number of carbonyl (C=O) groups is 2. The molecule has 0 unspecified atom stereocenters. The maximum absolute atomic E-state index is 12.0. The summed E-state index contributed by atoms with van der Waals surface area (Å²) in [5.74, 6) is -1.81. The number of nitrogens with one attached hydrogen (secondary N) is 2. The summed E-state index contributed by atoms with van der Waals surface area (Å²) >= 11 is 5.70. The zero-order chi connectivity index (χ0) is 17.9. The number of hydrogen-bond acceptors (Lipinski definition) is 4. The normalized spacial score (nSPS) is 10.1. The van der Waals surface area contributed by atoms with Crippen LogP contribution < -0.4 is 10.6 Å². The Morgan fingerprint density at radius 1 is 1.08 bits per heavy atom. The molecule has 0 bridgehead atoms. The molecule has 7 nitrogen and oxygen atoms in total. The molecule has 24 heavy (non-hydrogen) atoms. The Bertz CT molecular complexity index is 836. The zero-order valence-corrected chi connectivity index (χ0v) is 13.7. The van der Waals surface area contributed by atoms with E-state index in [0.29, 0.717) is 5.69 Å². The summed E-state index contributed by atoms with van der Waals surface area (Å²) < 4.78 is 0. The van der Waals surface area contributed by atoms with Gasteiger partial charge < -0.3 is 10.6 Å². The van der Waals surface area contributed by atoms with Crippen LogP contribution in [0.3, 0.4) is 0 Å². The van der Waals surface area contributed by atoms with Gasteiger partial charge in [-0.2, -0.15) is 0 Å². The van der Waals surface area contributed by atoms with Crippen molar-refractivity contribution in [3.8, 4) is 0 Å². The van der Waals surface area contributed by atoms with Crippen LogP contribution in [0.2, 0.25) is 5.02 Å². The van der Waals surface area contributed by atoms with Crippen LogP contribution in [-0.4, -0.2) is 16.7 Å². The molecule has 2 N–H and O–H groups in total. The van der Waals surface area contributed by atoms with Crippen molar-refractivity contribution >= 4 is 40.5 Å². The summed E-state index contributed by atoms with van der Waals surface area (Å²) in [4.78, 5) is 34.1. The molecule has 0 atom stereocenters. The predicted molar refractivity (Wildman–Crippen MR) is 91.3 cm³/mol. The van der Waals surface area contributed by atoms with E-state index < -0.39 is 16.7 Å². The van der Waals surface area contributed by atoms with Crippen molar-refractivity contribution in [1.82, 2.24) is 0 Å². The molecule has 0 saturated heterocycles. The van der Waals surface area contributed by atoms with E-state index >= 15 is 0 Å². The number of anilines is 2. The van der Waals surface area contributed by atoms with Gasteiger partial charge in [0.1, 0.15) is 5.02 Å². The SMILES string of the molecule is Cc1cccc(NC(=O)C(=O)Nc2ccc(Cl)c([N+](=O)[O-])c2)c1C. The number of halogens is 1. The minimum atomic E-state index is -0.937. The molecular weight excluding hydrogens is 334 g/mol. The third-order valence-electron chi connectivity index (χ3n) is 3.46. The minimum absolute atomic E-state index is 0.0576. The van der Waals surface area contributed by atoms with Gasteiger partial charge in [-0.25, -0.2) is 0 Å². The van der Waals surface area contributed by atoms with E-state index in [9.17, 15) is 19.7 Å². The van der Waals surface area contributed by atoms with Crippen LogP contribution in [0.25, 0.3) is 0 Å². The first kappa shape index (κ1) is 17.4. The standard InChI is InChI=1S/C16H14ClN3O4/c1-9-4-3-5-13(10(9)2)19-16(22)15(21)18-11-6-7-12(17)14(8-11)20(23)24/h3-8H,1-2H3,(H,18,21)(H,19,22). The topological polar surface area (TPSA) is 101 Å². The highest BCUT2D eigenvalue weighted by molar-refractivity contribution is 6.43. The fourth-order valence-electron chi connectivity index (χ4n) is 1.98. The van der Waals surface area contributed by atoms with Gasteiger partial charge in [0, 0.05) is 17.4 Å². The number of nitrogens with zero attached hydrogens (tertiary/aromatic N) is 1. The lowest BCUT2D eigenvalue weighted by Gasteiger charge is -2.10. The lowest BCUT2D eigenvalue weighted by atomic mass is 10.1. The number of nitro groups is 1. The summed E-state index contributed by atoms with van der Waals surface area (Å²) in [6, 6.07) is 9.07. The number of carbonyl (C=O) groups excluding carboxylic acids is 2. The van der Waals surface area contributed by atoms with Gasteiger partial charge in [0.05, 0.1) is 4.92 Å². The van der Waals surface area contributed by atoms with Crippen LogP contribution in [0.15, 0.2) is 36.4 Å². The highest BCUT2D eigenvalue weighted by Crippen LogP contribution is 2.27.